The Kier molecular flexibility index (Phi) is 3.30. The Bertz CT molecular complexity index is 221. The standard InChI is InChI=1S/C11H20O4/c1-3-5-15-11(4-2)7-14-9-8(12)6-13-10(9)11/h8-10,12H,3-7H2,1-2H3/t8-,9-,10+,11+/m1/s1. The molecule has 1 N–H and O–H groups in total. The van der Waals surface area contributed by atoms with E-state index in [0.717, 1.165) is 19.4 Å². The van der Waals surface area contributed by atoms with Crippen LogP contribution in [-0.4, -0.2) is 48.8 Å². The summed E-state index contributed by atoms with van der Waals surface area (Å²) in [6.45, 7) is 5.79. The second-order valence-corrected chi connectivity index (χ2v) is 4.36. The first-order valence-corrected chi connectivity index (χ1v) is 5.78. The van der Waals surface area contributed by atoms with Gasteiger partial charge in [-0.25, -0.2) is 0 Å². The van der Waals surface area contributed by atoms with Crippen molar-refractivity contribution in [1.29, 1.82) is 0 Å². The highest BCUT2D eigenvalue weighted by atomic mass is 16.6. The Morgan fingerprint density at radius 3 is 2.87 bits per heavy atom. The van der Waals surface area contributed by atoms with Gasteiger partial charge in [-0.3, -0.25) is 0 Å². The molecule has 15 heavy (non-hydrogen) atoms. The summed E-state index contributed by atoms with van der Waals surface area (Å²) >= 11 is 0. The van der Waals surface area contributed by atoms with Crippen molar-refractivity contribution in [3.8, 4) is 0 Å². The first-order valence-electron chi connectivity index (χ1n) is 5.78. The van der Waals surface area contributed by atoms with Crippen LogP contribution in [0.4, 0.5) is 0 Å². The van der Waals surface area contributed by atoms with E-state index in [4.69, 9.17) is 14.2 Å². The molecule has 2 aliphatic rings. The molecule has 0 unspecified atom stereocenters. The average molecular weight is 216 g/mol. The summed E-state index contributed by atoms with van der Waals surface area (Å²) in [5.41, 5.74) is -0.335. The highest BCUT2D eigenvalue weighted by molar-refractivity contribution is 5.04. The first kappa shape index (κ1) is 11.3. The van der Waals surface area contributed by atoms with Crippen molar-refractivity contribution < 1.29 is 19.3 Å². The van der Waals surface area contributed by atoms with Crippen LogP contribution in [0, 0.1) is 0 Å². The molecule has 2 aliphatic heterocycles. The van der Waals surface area contributed by atoms with Crippen LogP contribution in [0.25, 0.3) is 0 Å². The van der Waals surface area contributed by atoms with Gasteiger partial charge in [-0.2, -0.15) is 0 Å². The van der Waals surface area contributed by atoms with Gasteiger partial charge in [0, 0.05) is 6.61 Å². The zero-order valence-electron chi connectivity index (χ0n) is 9.44. The third-order valence-electron chi connectivity index (χ3n) is 3.35. The van der Waals surface area contributed by atoms with Crippen molar-refractivity contribution in [3.63, 3.8) is 0 Å². The molecule has 0 aromatic heterocycles. The van der Waals surface area contributed by atoms with E-state index >= 15 is 0 Å². The fourth-order valence-corrected chi connectivity index (χ4v) is 2.40. The maximum Gasteiger partial charge on any atom is 0.120 e. The van der Waals surface area contributed by atoms with Crippen LogP contribution in [0.5, 0.6) is 0 Å². The van der Waals surface area contributed by atoms with Gasteiger partial charge in [-0.15, -0.1) is 0 Å². The van der Waals surface area contributed by atoms with Crippen molar-refractivity contribution >= 4 is 0 Å². The van der Waals surface area contributed by atoms with Gasteiger partial charge in [0.15, 0.2) is 0 Å². The lowest BCUT2D eigenvalue weighted by Gasteiger charge is -2.31. The molecule has 88 valence electrons. The highest BCUT2D eigenvalue weighted by Gasteiger charge is 2.56. The molecule has 0 aromatic carbocycles. The second kappa shape index (κ2) is 4.37. The van der Waals surface area contributed by atoms with E-state index in [1.54, 1.807) is 0 Å². The molecule has 2 rings (SSSR count). The van der Waals surface area contributed by atoms with Gasteiger partial charge < -0.3 is 19.3 Å². The molecule has 0 spiro atoms. The van der Waals surface area contributed by atoms with Crippen LogP contribution in [0.2, 0.25) is 0 Å². The smallest absolute Gasteiger partial charge is 0.120 e. The van der Waals surface area contributed by atoms with Crippen LogP contribution < -0.4 is 0 Å². The van der Waals surface area contributed by atoms with Gasteiger partial charge >= 0.3 is 0 Å². The molecule has 4 atom stereocenters. The molecule has 0 amide bonds. The van der Waals surface area contributed by atoms with Crippen LogP contribution >= 0.6 is 0 Å². The molecule has 2 heterocycles. The quantitative estimate of drug-likeness (QED) is 0.752. The highest BCUT2D eigenvalue weighted by Crippen LogP contribution is 2.38. The van der Waals surface area contributed by atoms with Gasteiger partial charge in [-0.1, -0.05) is 13.8 Å². The zero-order valence-corrected chi connectivity index (χ0v) is 9.44. The fourth-order valence-electron chi connectivity index (χ4n) is 2.40. The Labute approximate surface area is 90.5 Å². The molecule has 0 bridgehead atoms. The maximum absolute atomic E-state index is 9.65. The van der Waals surface area contributed by atoms with Crippen molar-refractivity contribution in [3.05, 3.63) is 0 Å². The van der Waals surface area contributed by atoms with E-state index in [2.05, 4.69) is 13.8 Å². The molecule has 0 aliphatic carbocycles. The summed E-state index contributed by atoms with van der Waals surface area (Å²) in [5.74, 6) is 0. The normalized spacial score (nSPS) is 44.6. The third kappa shape index (κ3) is 1.80. The predicted octanol–water partition coefficient (Wildman–Crippen LogP) is 0.720. The fraction of sp³-hybridized carbons (Fsp3) is 1.00. The molecule has 4 nitrogen and oxygen atoms in total. The van der Waals surface area contributed by atoms with E-state index in [1.165, 1.54) is 0 Å². The summed E-state index contributed by atoms with van der Waals surface area (Å²) in [6, 6.07) is 0. The monoisotopic (exact) mass is 216 g/mol. The van der Waals surface area contributed by atoms with Gasteiger partial charge in [0.2, 0.25) is 0 Å². The van der Waals surface area contributed by atoms with Crippen LogP contribution in [0.15, 0.2) is 0 Å². The lowest BCUT2D eigenvalue weighted by Crippen LogP contribution is -2.45. The first-order chi connectivity index (χ1) is 7.23. The largest absolute Gasteiger partial charge is 0.388 e. The molecule has 2 fully saturated rings. The Hall–Kier alpha value is -0.160. The number of hydrogen-bond donors (Lipinski definition) is 1. The van der Waals surface area contributed by atoms with Gasteiger partial charge in [0.1, 0.15) is 23.9 Å². The third-order valence-corrected chi connectivity index (χ3v) is 3.35. The Morgan fingerprint density at radius 2 is 2.20 bits per heavy atom. The SMILES string of the molecule is CCCO[C@@]1(CC)CO[C@@H]2[C@H](O)CO[C@@H]21. The lowest BCUT2D eigenvalue weighted by molar-refractivity contribution is -0.117. The average Bonchev–Trinajstić information content (AvgIpc) is 2.79. The number of ether oxygens (including phenoxy) is 3. The van der Waals surface area contributed by atoms with Gasteiger partial charge in [0.25, 0.3) is 0 Å². The van der Waals surface area contributed by atoms with Crippen molar-refractivity contribution in [2.24, 2.45) is 0 Å². The summed E-state index contributed by atoms with van der Waals surface area (Å²) in [5, 5.41) is 9.65. The topological polar surface area (TPSA) is 47.9 Å². The van der Waals surface area contributed by atoms with Crippen LogP contribution in [0.1, 0.15) is 26.7 Å². The van der Waals surface area contributed by atoms with E-state index in [-0.39, 0.29) is 17.8 Å². The van der Waals surface area contributed by atoms with Gasteiger partial charge in [-0.05, 0) is 12.8 Å². The van der Waals surface area contributed by atoms with Crippen molar-refractivity contribution in [2.45, 2.75) is 50.6 Å². The molecule has 0 radical (unpaired) electrons. The maximum atomic E-state index is 9.65. The number of aliphatic hydroxyl groups is 1. The van der Waals surface area contributed by atoms with E-state index in [0.29, 0.717) is 13.2 Å². The Balaban J connectivity index is 2.06. The van der Waals surface area contributed by atoms with Gasteiger partial charge in [0.05, 0.1) is 13.2 Å². The molecular formula is C11H20O4. The number of aliphatic hydroxyl groups excluding tert-OH is 1. The predicted molar refractivity (Wildman–Crippen MR) is 54.8 cm³/mol. The minimum Gasteiger partial charge on any atom is -0.388 e. The number of rotatable bonds is 4. The zero-order chi connectivity index (χ0) is 10.9. The molecule has 0 saturated carbocycles. The van der Waals surface area contributed by atoms with E-state index < -0.39 is 6.10 Å². The molecule has 2 saturated heterocycles. The molecule has 4 heteroatoms. The van der Waals surface area contributed by atoms with Crippen LogP contribution in [0.3, 0.4) is 0 Å². The lowest BCUT2D eigenvalue weighted by atomic mass is 9.93. The second-order valence-electron chi connectivity index (χ2n) is 4.36. The van der Waals surface area contributed by atoms with Crippen molar-refractivity contribution in [1.82, 2.24) is 0 Å². The van der Waals surface area contributed by atoms with Crippen molar-refractivity contribution in [2.75, 3.05) is 19.8 Å². The minimum absolute atomic E-state index is 0.0935. The Morgan fingerprint density at radius 1 is 1.40 bits per heavy atom. The number of hydrogen-bond acceptors (Lipinski definition) is 4. The molecular weight excluding hydrogens is 196 g/mol. The number of fused-ring (bicyclic) bond motifs is 1. The summed E-state index contributed by atoms with van der Waals surface area (Å²) < 4.78 is 17.1. The summed E-state index contributed by atoms with van der Waals surface area (Å²) in [4.78, 5) is 0. The van der Waals surface area contributed by atoms with E-state index in [9.17, 15) is 5.11 Å². The molecule has 0 aromatic rings. The minimum atomic E-state index is -0.492. The summed E-state index contributed by atoms with van der Waals surface area (Å²) in [7, 11) is 0. The summed E-state index contributed by atoms with van der Waals surface area (Å²) in [6.07, 6.45) is 1.07. The van der Waals surface area contributed by atoms with E-state index in [1.807, 2.05) is 0 Å². The van der Waals surface area contributed by atoms with Crippen LogP contribution in [-0.2, 0) is 14.2 Å².